The SMILES string of the molecule is Cc1nn2c(c1-c1[nH]c3ncccc3c1-c1cccnc1OC(F)F)OC[C@@H](N)C2. The number of hydrogen-bond donors (Lipinski definition) is 2. The lowest BCUT2D eigenvalue weighted by molar-refractivity contribution is -0.0524. The fraction of sp³-hybridized carbons (Fsp3) is 0.250. The number of rotatable bonds is 4. The molecule has 0 unspecified atom stereocenters. The van der Waals surface area contributed by atoms with E-state index in [1.165, 1.54) is 6.20 Å². The lowest BCUT2D eigenvalue weighted by Crippen LogP contribution is -2.37. The maximum atomic E-state index is 13.0. The highest BCUT2D eigenvalue weighted by atomic mass is 19.3. The molecule has 0 saturated heterocycles. The van der Waals surface area contributed by atoms with E-state index in [1.807, 2.05) is 13.0 Å². The van der Waals surface area contributed by atoms with Gasteiger partial charge in [0.1, 0.15) is 12.3 Å². The first-order valence-corrected chi connectivity index (χ1v) is 9.36. The zero-order valence-corrected chi connectivity index (χ0v) is 16.0. The number of alkyl halides is 2. The van der Waals surface area contributed by atoms with Crippen LogP contribution in [0, 0.1) is 6.92 Å². The number of aryl methyl sites for hydroxylation is 1. The van der Waals surface area contributed by atoms with Crippen molar-refractivity contribution in [3.63, 3.8) is 0 Å². The van der Waals surface area contributed by atoms with Crippen molar-refractivity contribution in [2.24, 2.45) is 5.73 Å². The highest BCUT2D eigenvalue weighted by Gasteiger charge is 2.29. The van der Waals surface area contributed by atoms with Crippen molar-refractivity contribution in [2.75, 3.05) is 6.61 Å². The molecule has 1 aliphatic heterocycles. The number of aromatic amines is 1. The Hall–Kier alpha value is -3.53. The fourth-order valence-corrected chi connectivity index (χ4v) is 3.83. The molecule has 0 spiro atoms. The Morgan fingerprint density at radius 1 is 1.23 bits per heavy atom. The summed E-state index contributed by atoms with van der Waals surface area (Å²) >= 11 is 0. The molecule has 0 fully saturated rings. The smallest absolute Gasteiger partial charge is 0.388 e. The van der Waals surface area contributed by atoms with Crippen LogP contribution in [-0.4, -0.2) is 44.0 Å². The van der Waals surface area contributed by atoms with Crippen LogP contribution in [0.1, 0.15) is 5.69 Å². The third-order valence-electron chi connectivity index (χ3n) is 4.98. The Bertz CT molecular complexity index is 1240. The molecule has 5 heterocycles. The number of fused-ring (bicyclic) bond motifs is 2. The van der Waals surface area contributed by atoms with Gasteiger partial charge in [-0.05, 0) is 31.2 Å². The van der Waals surface area contributed by atoms with Gasteiger partial charge in [-0.3, -0.25) is 0 Å². The van der Waals surface area contributed by atoms with E-state index in [2.05, 4.69) is 20.1 Å². The number of aromatic nitrogens is 5. The molecule has 3 N–H and O–H groups in total. The van der Waals surface area contributed by atoms with Crippen molar-refractivity contribution in [2.45, 2.75) is 26.1 Å². The summed E-state index contributed by atoms with van der Waals surface area (Å²) in [5.74, 6) is 0.405. The second kappa shape index (κ2) is 7.06. The van der Waals surface area contributed by atoms with Gasteiger partial charge >= 0.3 is 6.61 Å². The second-order valence-electron chi connectivity index (χ2n) is 7.03. The Morgan fingerprint density at radius 3 is 2.87 bits per heavy atom. The molecule has 0 saturated carbocycles. The van der Waals surface area contributed by atoms with Crippen molar-refractivity contribution in [1.82, 2.24) is 24.7 Å². The van der Waals surface area contributed by atoms with Gasteiger partial charge < -0.3 is 20.2 Å². The number of nitrogens with two attached hydrogens (primary N) is 1. The highest BCUT2D eigenvalue weighted by Crippen LogP contribution is 2.45. The molecule has 30 heavy (non-hydrogen) atoms. The summed E-state index contributed by atoms with van der Waals surface area (Å²) in [6.07, 6.45) is 3.06. The van der Waals surface area contributed by atoms with Gasteiger partial charge in [0, 0.05) is 28.9 Å². The first kappa shape index (κ1) is 18.5. The van der Waals surface area contributed by atoms with Gasteiger partial charge in [-0.2, -0.15) is 13.9 Å². The van der Waals surface area contributed by atoms with Crippen LogP contribution in [0.25, 0.3) is 33.4 Å². The maximum Gasteiger partial charge on any atom is 0.388 e. The molecule has 0 aliphatic carbocycles. The minimum atomic E-state index is -3.00. The number of ether oxygens (including phenoxy) is 2. The largest absolute Gasteiger partial charge is 0.476 e. The Balaban J connectivity index is 1.79. The number of nitrogens with one attached hydrogen (secondary N) is 1. The van der Waals surface area contributed by atoms with Crippen molar-refractivity contribution < 1.29 is 18.3 Å². The lowest BCUT2D eigenvalue weighted by atomic mass is 9.99. The summed E-state index contributed by atoms with van der Waals surface area (Å²) in [4.78, 5) is 11.7. The van der Waals surface area contributed by atoms with Gasteiger partial charge in [-0.15, -0.1) is 0 Å². The molecule has 8 nitrogen and oxygen atoms in total. The van der Waals surface area contributed by atoms with E-state index in [0.29, 0.717) is 47.2 Å². The molecule has 0 amide bonds. The van der Waals surface area contributed by atoms with Crippen LogP contribution in [0.2, 0.25) is 0 Å². The monoisotopic (exact) mass is 412 g/mol. The highest BCUT2D eigenvalue weighted by molar-refractivity contribution is 6.04. The van der Waals surface area contributed by atoms with Gasteiger partial charge in [0.25, 0.3) is 0 Å². The van der Waals surface area contributed by atoms with Crippen molar-refractivity contribution in [3.8, 4) is 34.1 Å². The van der Waals surface area contributed by atoms with Crippen molar-refractivity contribution in [1.29, 1.82) is 0 Å². The average molecular weight is 412 g/mol. The zero-order chi connectivity index (χ0) is 20.8. The van der Waals surface area contributed by atoms with Crippen LogP contribution in [0.3, 0.4) is 0 Å². The van der Waals surface area contributed by atoms with Gasteiger partial charge in [0.2, 0.25) is 11.8 Å². The maximum absolute atomic E-state index is 13.0. The Labute approximate surface area is 169 Å². The van der Waals surface area contributed by atoms with Crippen LogP contribution in [-0.2, 0) is 6.54 Å². The Morgan fingerprint density at radius 2 is 2.03 bits per heavy atom. The first-order valence-electron chi connectivity index (χ1n) is 9.36. The van der Waals surface area contributed by atoms with Gasteiger partial charge in [-0.25, -0.2) is 14.6 Å². The molecule has 0 aromatic carbocycles. The molecule has 4 aromatic rings. The third-order valence-corrected chi connectivity index (χ3v) is 4.98. The summed E-state index contributed by atoms with van der Waals surface area (Å²) < 4.78 is 38.4. The summed E-state index contributed by atoms with van der Waals surface area (Å²) in [5, 5.41) is 5.30. The number of nitrogens with zero attached hydrogens (tertiary/aromatic N) is 4. The quantitative estimate of drug-likeness (QED) is 0.534. The zero-order valence-electron chi connectivity index (χ0n) is 16.0. The first-order chi connectivity index (χ1) is 14.5. The van der Waals surface area contributed by atoms with E-state index in [0.717, 1.165) is 10.9 Å². The summed E-state index contributed by atoms with van der Waals surface area (Å²) in [6, 6.07) is 6.84. The van der Waals surface area contributed by atoms with Crippen LogP contribution in [0.5, 0.6) is 11.8 Å². The summed E-state index contributed by atoms with van der Waals surface area (Å²) in [7, 11) is 0. The van der Waals surface area contributed by atoms with E-state index in [9.17, 15) is 8.78 Å². The van der Waals surface area contributed by atoms with Crippen molar-refractivity contribution in [3.05, 3.63) is 42.4 Å². The van der Waals surface area contributed by atoms with Gasteiger partial charge in [-0.1, -0.05) is 0 Å². The van der Waals surface area contributed by atoms with E-state index in [1.54, 1.807) is 29.1 Å². The predicted octanol–water partition coefficient (Wildman–Crippen LogP) is 3.12. The van der Waals surface area contributed by atoms with Gasteiger partial charge in [0.15, 0.2) is 0 Å². The molecular formula is C20H18F2N6O2. The molecule has 1 atom stereocenters. The minimum Gasteiger partial charge on any atom is -0.476 e. The third kappa shape index (κ3) is 2.96. The standard InChI is InChI=1S/C20H18F2N6O2/c1-10-14(19-28(27-10)8-11(23)9-29-19)16-15(12-4-2-6-24-17(12)26-16)13-5-3-7-25-18(13)30-20(21)22/h2-7,11,20H,8-9,23H2,1H3,(H,24,26)/t11-/m0/s1. The van der Waals surface area contributed by atoms with Crippen LogP contribution in [0.4, 0.5) is 8.78 Å². The van der Waals surface area contributed by atoms with Gasteiger partial charge in [0.05, 0.1) is 29.5 Å². The van der Waals surface area contributed by atoms with Crippen LogP contribution in [0.15, 0.2) is 36.7 Å². The molecule has 1 aliphatic rings. The van der Waals surface area contributed by atoms with Crippen LogP contribution >= 0.6 is 0 Å². The molecule has 4 aromatic heterocycles. The second-order valence-corrected chi connectivity index (χ2v) is 7.03. The summed E-state index contributed by atoms with van der Waals surface area (Å²) in [5.41, 5.74) is 9.73. The lowest BCUT2D eigenvalue weighted by Gasteiger charge is -2.21. The number of H-pyrrole nitrogens is 1. The van der Waals surface area contributed by atoms with E-state index in [4.69, 9.17) is 15.2 Å². The molecule has 5 rings (SSSR count). The normalized spacial score (nSPS) is 16.0. The number of halogens is 2. The fourth-order valence-electron chi connectivity index (χ4n) is 3.83. The van der Waals surface area contributed by atoms with E-state index < -0.39 is 6.61 Å². The van der Waals surface area contributed by atoms with Crippen LogP contribution < -0.4 is 15.2 Å². The topological polar surface area (TPSA) is 104 Å². The van der Waals surface area contributed by atoms with E-state index in [-0.39, 0.29) is 11.9 Å². The molecule has 0 radical (unpaired) electrons. The van der Waals surface area contributed by atoms with E-state index >= 15 is 0 Å². The molecule has 10 heteroatoms. The average Bonchev–Trinajstić information content (AvgIpc) is 3.24. The number of pyridine rings is 2. The number of hydrogen-bond acceptors (Lipinski definition) is 6. The summed E-state index contributed by atoms with van der Waals surface area (Å²) in [6.45, 7) is -0.256. The predicted molar refractivity (Wildman–Crippen MR) is 105 cm³/mol. The molecular weight excluding hydrogens is 394 g/mol. The molecule has 154 valence electrons. The molecule has 0 bridgehead atoms. The Kier molecular flexibility index (Phi) is 4.35. The van der Waals surface area contributed by atoms with Crippen molar-refractivity contribution >= 4 is 11.0 Å². The minimum absolute atomic E-state index is 0.155.